The Morgan fingerprint density at radius 2 is 2.04 bits per heavy atom. The van der Waals surface area contributed by atoms with Crippen molar-refractivity contribution < 1.29 is 23.8 Å². The second-order valence-electron chi connectivity index (χ2n) is 7.01. The van der Waals surface area contributed by atoms with Gasteiger partial charge in [-0.15, -0.1) is 0 Å². The average molecular weight is 391 g/mol. The number of aliphatic hydroxyl groups is 1. The second kappa shape index (κ2) is 10.4. The molecule has 8 heteroatoms. The first-order valence-electron chi connectivity index (χ1n) is 9.50. The van der Waals surface area contributed by atoms with Crippen molar-refractivity contribution in [2.75, 3.05) is 53.6 Å². The van der Waals surface area contributed by atoms with Crippen LogP contribution in [0.5, 0.6) is 11.5 Å². The van der Waals surface area contributed by atoms with E-state index in [4.69, 9.17) is 18.7 Å². The van der Waals surface area contributed by atoms with Gasteiger partial charge in [0.2, 0.25) is 0 Å². The summed E-state index contributed by atoms with van der Waals surface area (Å²) in [6, 6.07) is 7.71. The third-order valence-corrected chi connectivity index (χ3v) is 4.60. The lowest BCUT2D eigenvalue weighted by Crippen LogP contribution is -2.42. The minimum atomic E-state index is -0.560. The Morgan fingerprint density at radius 3 is 2.75 bits per heavy atom. The minimum absolute atomic E-state index is 0.221. The van der Waals surface area contributed by atoms with Crippen LogP contribution in [0.15, 0.2) is 35.0 Å². The third-order valence-electron chi connectivity index (χ3n) is 4.60. The number of ether oxygens (including phenoxy) is 3. The monoisotopic (exact) mass is 391 g/mol. The van der Waals surface area contributed by atoms with Crippen molar-refractivity contribution in [3.63, 3.8) is 0 Å². The second-order valence-corrected chi connectivity index (χ2v) is 7.01. The molecule has 1 aromatic carbocycles. The molecule has 1 aromatic heterocycles. The number of methoxy groups -OCH3 is 1. The lowest BCUT2D eigenvalue weighted by molar-refractivity contribution is 0.00445. The van der Waals surface area contributed by atoms with Gasteiger partial charge in [0.05, 0.1) is 33.1 Å². The highest BCUT2D eigenvalue weighted by molar-refractivity contribution is 5.43. The molecule has 154 valence electrons. The van der Waals surface area contributed by atoms with E-state index >= 15 is 0 Å². The summed E-state index contributed by atoms with van der Waals surface area (Å²) in [5.74, 6) is 2.11. The van der Waals surface area contributed by atoms with Crippen molar-refractivity contribution in [3.8, 4) is 11.5 Å². The highest BCUT2D eigenvalue weighted by Gasteiger charge is 2.16. The quantitative estimate of drug-likeness (QED) is 0.651. The van der Waals surface area contributed by atoms with Crippen LogP contribution < -0.4 is 9.47 Å². The molecule has 1 fully saturated rings. The van der Waals surface area contributed by atoms with E-state index in [2.05, 4.69) is 15.0 Å². The molecule has 1 saturated heterocycles. The van der Waals surface area contributed by atoms with Crippen molar-refractivity contribution >= 4 is 0 Å². The standard InChI is InChI=1S/C20H29N3O5/c1-22(14-18-5-6-21-28-18)12-16-3-4-19(20(11-16)25-2)27-15-17(24)13-23-7-9-26-10-8-23/h3-6,11,17,24H,7-10,12-15H2,1-2H3. The molecule has 3 rings (SSSR count). The Morgan fingerprint density at radius 1 is 1.21 bits per heavy atom. The maximum absolute atomic E-state index is 10.3. The molecule has 0 saturated carbocycles. The van der Waals surface area contributed by atoms with Crippen molar-refractivity contribution in [2.24, 2.45) is 0 Å². The minimum Gasteiger partial charge on any atom is -0.493 e. The number of nitrogens with zero attached hydrogens (tertiary/aromatic N) is 3. The lowest BCUT2D eigenvalue weighted by atomic mass is 10.2. The first-order valence-corrected chi connectivity index (χ1v) is 9.50. The van der Waals surface area contributed by atoms with E-state index in [1.807, 2.05) is 31.3 Å². The molecule has 1 aliphatic heterocycles. The zero-order valence-corrected chi connectivity index (χ0v) is 16.5. The predicted octanol–water partition coefficient (Wildman–Crippen LogP) is 1.39. The SMILES string of the molecule is COc1cc(CN(C)Cc2ccno2)ccc1OCC(O)CN1CCOCC1. The van der Waals surface area contributed by atoms with Crippen LogP contribution in [0.1, 0.15) is 11.3 Å². The van der Waals surface area contributed by atoms with Crippen LogP contribution in [-0.2, 0) is 17.8 Å². The Balaban J connectivity index is 1.50. The van der Waals surface area contributed by atoms with Crippen LogP contribution in [0.4, 0.5) is 0 Å². The number of benzene rings is 1. The Labute approximate surface area is 165 Å². The molecule has 1 atom stereocenters. The fourth-order valence-electron chi connectivity index (χ4n) is 3.21. The highest BCUT2D eigenvalue weighted by Crippen LogP contribution is 2.28. The van der Waals surface area contributed by atoms with Crippen LogP contribution in [-0.4, -0.2) is 79.8 Å². The smallest absolute Gasteiger partial charge is 0.161 e. The van der Waals surface area contributed by atoms with Crippen LogP contribution in [0.3, 0.4) is 0 Å². The van der Waals surface area contributed by atoms with Crippen molar-refractivity contribution in [1.82, 2.24) is 15.0 Å². The van der Waals surface area contributed by atoms with Crippen molar-refractivity contribution in [2.45, 2.75) is 19.2 Å². The number of rotatable bonds is 10. The first-order chi connectivity index (χ1) is 13.6. The Hall–Kier alpha value is -2.13. The average Bonchev–Trinajstić information content (AvgIpc) is 3.20. The van der Waals surface area contributed by atoms with Gasteiger partial charge < -0.3 is 23.8 Å². The van der Waals surface area contributed by atoms with Gasteiger partial charge in [0.25, 0.3) is 0 Å². The van der Waals surface area contributed by atoms with E-state index in [-0.39, 0.29) is 6.61 Å². The first kappa shape index (κ1) is 20.6. The summed E-state index contributed by atoms with van der Waals surface area (Å²) in [5, 5.41) is 14.0. The summed E-state index contributed by atoms with van der Waals surface area (Å²) in [6.45, 7) is 5.33. The van der Waals surface area contributed by atoms with Gasteiger partial charge in [0, 0.05) is 32.2 Å². The fourth-order valence-corrected chi connectivity index (χ4v) is 3.21. The number of aliphatic hydroxyl groups excluding tert-OH is 1. The van der Waals surface area contributed by atoms with E-state index < -0.39 is 6.10 Å². The molecule has 1 aliphatic rings. The molecule has 1 unspecified atom stereocenters. The molecule has 28 heavy (non-hydrogen) atoms. The van der Waals surface area contributed by atoms with Crippen LogP contribution >= 0.6 is 0 Å². The number of β-amino-alcohol motifs (C(OH)–C–C–N with tert-alkyl or cyclic N) is 1. The topological polar surface area (TPSA) is 80.4 Å². The summed E-state index contributed by atoms with van der Waals surface area (Å²) in [6.07, 6.45) is 1.08. The van der Waals surface area contributed by atoms with E-state index in [0.717, 1.165) is 31.0 Å². The highest BCUT2D eigenvalue weighted by atomic mass is 16.5. The summed E-state index contributed by atoms with van der Waals surface area (Å²) in [4.78, 5) is 4.31. The molecule has 2 heterocycles. The van der Waals surface area contributed by atoms with Gasteiger partial charge in [-0.1, -0.05) is 11.2 Å². The molecule has 0 aliphatic carbocycles. The van der Waals surface area contributed by atoms with Crippen LogP contribution in [0, 0.1) is 0 Å². The zero-order valence-electron chi connectivity index (χ0n) is 16.5. The van der Waals surface area contributed by atoms with Gasteiger partial charge in [-0.2, -0.15) is 0 Å². The van der Waals surface area contributed by atoms with Crippen LogP contribution in [0.2, 0.25) is 0 Å². The maximum Gasteiger partial charge on any atom is 0.161 e. The van der Waals surface area contributed by atoms with Gasteiger partial charge in [-0.3, -0.25) is 9.80 Å². The zero-order chi connectivity index (χ0) is 19.8. The third kappa shape index (κ3) is 6.20. The maximum atomic E-state index is 10.3. The molecule has 0 amide bonds. The van der Waals surface area contributed by atoms with E-state index in [0.29, 0.717) is 37.8 Å². The van der Waals surface area contributed by atoms with Gasteiger partial charge in [-0.25, -0.2) is 0 Å². The van der Waals surface area contributed by atoms with Gasteiger partial charge >= 0.3 is 0 Å². The molecule has 0 radical (unpaired) electrons. The summed E-state index contributed by atoms with van der Waals surface area (Å²) >= 11 is 0. The number of hydrogen-bond donors (Lipinski definition) is 1. The van der Waals surface area contributed by atoms with Gasteiger partial charge in [-0.05, 0) is 24.7 Å². The predicted molar refractivity (Wildman–Crippen MR) is 103 cm³/mol. The summed E-state index contributed by atoms with van der Waals surface area (Å²) in [5.41, 5.74) is 1.10. The summed E-state index contributed by atoms with van der Waals surface area (Å²) in [7, 11) is 3.63. The largest absolute Gasteiger partial charge is 0.493 e. The number of aromatic nitrogens is 1. The molecular formula is C20H29N3O5. The summed E-state index contributed by atoms with van der Waals surface area (Å²) < 4.78 is 21.8. The fraction of sp³-hybridized carbons (Fsp3) is 0.550. The van der Waals surface area contributed by atoms with Crippen molar-refractivity contribution in [1.29, 1.82) is 0 Å². The van der Waals surface area contributed by atoms with Crippen LogP contribution in [0.25, 0.3) is 0 Å². The van der Waals surface area contributed by atoms with E-state index in [9.17, 15) is 5.11 Å². The van der Waals surface area contributed by atoms with Gasteiger partial charge in [0.15, 0.2) is 17.3 Å². The normalized spacial score (nSPS) is 16.3. The molecule has 1 N–H and O–H groups in total. The lowest BCUT2D eigenvalue weighted by Gasteiger charge is -2.28. The Bertz CT molecular complexity index is 704. The molecule has 2 aromatic rings. The molecular weight excluding hydrogens is 362 g/mol. The van der Waals surface area contributed by atoms with E-state index in [1.165, 1.54) is 0 Å². The van der Waals surface area contributed by atoms with Crippen molar-refractivity contribution in [3.05, 3.63) is 41.8 Å². The number of morpholine rings is 1. The van der Waals surface area contributed by atoms with Gasteiger partial charge in [0.1, 0.15) is 12.7 Å². The number of hydrogen-bond acceptors (Lipinski definition) is 8. The Kier molecular flexibility index (Phi) is 7.67. The molecule has 8 nitrogen and oxygen atoms in total. The molecule has 0 bridgehead atoms. The van der Waals surface area contributed by atoms with E-state index in [1.54, 1.807) is 13.3 Å². The molecule has 0 spiro atoms.